The molecule has 3 aromatic rings. The van der Waals surface area contributed by atoms with E-state index in [1.165, 1.54) is 23.0 Å². The first-order chi connectivity index (χ1) is 13.4. The van der Waals surface area contributed by atoms with Gasteiger partial charge in [0.1, 0.15) is 16.7 Å². The van der Waals surface area contributed by atoms with E-state index in [4.69, 9.17) is 16.6 Å². The molecule has 8 heteroatoms. The van der Waals surface area contributed by atoms with Gasteiger partial charge >= 0.3 is 0 Å². The monoisotopic (exact) mass is 414 g/mol. The van der Waals surface area contributed by atoms with Crippen molar-refractivity contribution in [3.63, 3.8) is 0 Å². The van der Waals surface area contributed by atoms with Crippen molar-refractivity contribution >= 4 is 29.2 Å². The third kappa shape index (κ3) is 4.15. The van der Waals surface area contributed by atoms with Gasteiger partial charge in [0.2, 0.25) is 0 Å². The van der Waals surface area contributed by atoms with Crippen LogP contribution in [0.1, 0.15) is 37.1 Å². The lowest BCUT2D eigenvalue weighted by atomic mass is 9.76. The van der Waals surface area contributed by atoms with Crippen molar-refractivity contribution in [2.45, 2.75) is 44.8 Å². The quantitative estimate of drug-likeness (QED) is 0.356. The van der Waals surface area contributed by atoms with Crippen LogP contribution in [-0.2, 0) is 19.4 Å². The largest absolute Gasteiger partial charge is 0.366 e. The third-order valence-electron chi connectivity index (χ3n) is 5.05. The maximum absolute atomic E-state index is 5.86. The van der Waals surface area contributed by atoms with Crippen molar-refractivity contribution in [2.75, 3.05) is 11.6 Å². The number of thioether (sulfide) groups is 1. The minimum absolute atomic E-state index is 0.312. The van der Waals surface area contributed by atoms with Crippen LogP contribution in [0.5, 0.6) is 0 Å². The van der Waals surface area contributed by atoms with Crippen LogP contribution in [0.3, 0.4) is 0 Å². The molecular formula is C20H23ClN6S. The molecule has 0 bridgehead atoms. The molecule has 28 heavy (non-hydrogen) atoms. The van der Waals surface area contributed by atoms with Crippen molar-refractivity contribution in [2.24, 2.45) is 5.41 Å². The van der Waals surface area contributed by atoms with Gasteiger partial charge in [0.15, 0.2) is 5.16 Å². The lowest BCUT2D eigenvalue weighted by molar-refractivity contribution is 0.312. The van der Waals surface area contributed by atoms with Crippen molar-refractivity contribution < 1.29 is 0 Å². The summed E-state index contributed by atoms with van der Waals surface area (Å²) in [6, 6.07) is 5.71. The fraction of sp³-hybridized carbons (Fsp3) is 0.400. The van der Waals surface area contributed by atoms with Gasteiger partial charge in [-0.2, -0.15) is 5.10 Å². The average molecular weight is 415 g/mol. The summed E-state index contributed by atoms with van der Waals surface area (Å²) in [6.07, 6.45) is 6.94. The molecule has 0 fully saturated rings. The van der Waals surface area contributed by atoms with Crippen LogP contribution < -0.4 is 5.32 Å². The minimum atomic E-state index is 0.312. The number of halogens is 1. The number of aromatic amines is 1. The number of hydrogen-bond donors (Lipinski definition) is 2. The SMILES string of the molecule is CSc1nc(NCc2ccc(Cl)nc2)cc(-c2n[nH]c3c2CCC(C)(C)C3)n1. The molecule has 0 aromatic carbocycles. The van der Waals surface area contributed by atoms with E-state index in [1.807, 2.05) is 18.4 Å². The predicted molar refractivity (Wildman–Crippen MR) is 114 cm³/mol. The first kappa shape index (κ1) is 19.2. The van der Waals surface area contributed by atoms with Gasteiger partial charge in [0.25, 0.3) is 0 Å². The summed E-state index contributed by atoms with van der Waals surface area (Å²) in [4.78, 5) is 13.4. The molecule has 4 rings (SSSR count). The van der Waals surface area contributed by atoms with Crippen molar-refractivity contribution in [1.29, 1.82) is 0 Å². The second kappa shape index (κ2) is 7.72. The molecule has 0 spiro atoms. The van der Waals surface area contributed by atoms with Crippen LogP contribution in [0.2, 0.25) is 5.15 Å². The molecular weight excluding hydrogens is 392 g/mol. The minimum Gasteiger partial charge on any atom is -0.366 e. The molecule has 0 aliphatic heterocycles. The molecule has 0 saturated heterocycles. The van der Waals surface area contributed by atoms with Crippen LogP contribution in [0.25, 0.3) is 11.4 Å². The highest BCUT2D eigenvalue weighted by Crippen LogP contribution is 2.37. The first-order valence-electron chi connectivity index (χ1n) is 9.27. The molecule has 3 heterocycles. The van der Waals surface area contributed by atoms with Crippen molar-refractivity contribution in [3.8, 4) is 11.4 Å². The molecule has 1 aliphatic carbocycles. The molecule has 0 amide bonds. The molecule has 3 aromatic heterocycles. The Balaban J connectivity index is 1.61. The topological polar surface area (TPSA) is 79.4 Å². The number of aromatic nitrogens is 5. The second-order valence-electron chi connectivity index (χ2n) is 7.84. The number of fused-ring (bicyclic) bond motifs is 1. The first-order valence-corrected chi connectivity index (χ1v) is 10.9. The van der Waals surface area contributed by atoms with Gasteiger partial charge in [-0.25, -0.2) is 15.0 Å². The van der Waals surface area contributed by atoms with Crippen LogP contribution in [0, 0.1) is 5.41 Å². The molecule has 6 nitrogen and oxygen atoms in total. The van der Waals surface area contributed by atoms with Crippen molar-refractivity contribution in [3.05, 3.63) is 46.4 Å². The Bertz CT molecular complexity index is 983. The number of H-pyrrole nitrogens is 1. The van der Waals surface area contributed by atoms with E-state index in [-0.39, 0.29) is 0 Å². The van der Waals surface area contributed by atoms with E-state index in [1.54, 1.807) is 12.3 Å². The van der Waals surface area contributed by atoms with Gasteiger partial charge in [-0.1, -0.05) is 43.3 Å². The van der Waals surface area contributed by atoms with Crippen LogP contribution in [0.15, 0.2) is 29.6 Å². The number of pyridine rings is 1. The molecule has 0 unspecified atom stereocenters. The Morgan fingerprint density at radius 1 is 1.29 bits per heavy atom. The van der Waals surface area contributed by atoms with Gasteiger partial charge in [-0.3, -0.25) is 5.10 Å². The third-order valence-corrected chi connectivity index (χ3v) is 5.82. The summed E-state index contributed by atoms with van der Waals surface area (Å²) in [5.74, 6) is 0.775. The highest BCUT2D eigenvalue weighted by atomic mass is 35.5. The van der Waals surface area contributed by atoms with Crippen LogP contribution in [-0.4, -0.2) is 31.4 Å². The Kier molecular flexibility index (Phi) is 5.29. The van der Waals surface area contributed by atoms with Crippen LogP contribution >= 0.6 is 23.4 Å². The van der Waals surface area contributed by atoms with E-state index >= 15 is 0 Å². The Morgan fingerprint density at radius 2 is 2.14 bits per heavy atom. The molecule has 0 radical (unpaired) electrons. The molecule has 1 aliphatic rings. The van der Waals surface area contributed by atoms with Gasteiger partial charge < -0.3 is 5.32 Å². The fourth-order valence-electron chi connectivity index (χ4n) is 3.49. The highest BCUT2D eigenvalue weighted by Gasteiger charge is 2.29. The Morgan fingerprint density at radius 3 is 2.89 bits per heavy atom. The summed E-state index contributed by atoms with van der Waals surface area (Å²) in [5, 5.41) is 12.4. The number of nitrogens with zero attached hydrogens (tertiary/aromatic N) is 4. The molecule has 0 atom stereocenters. The standard InChI is InChI=1S/C20H23ClN6S/c1-20(2)7-6-13-15(9-20)26-27-18(13)14-8-17(25-19(24-14)28-3)23-11-12-4-5-16(21)22-10-12/h4-5,8,10H,6-7,9,11H2,1-3H3,(H,26,27)(H,23,24,25). The summed E-state index contributed by atoms with van der Waals surface area (Å²) < 4.78 is 0. The van der Waals surface area contributed by atoms with Gasteiger partial charge in [0, 0.05) is 30.1 Å². The normalized spacial score (nSPS) is 15.3. The summed E-state index contributed by atoms with van der Waals surface area (Å²) in [6.45, 7) is 5.22. The predicted octanol–water partition coefficient (Wildman–Crippen LogP) is 4.76. The van der Waals surface area contributed by atoms with Gasteiger partial charge in [-0.15, -0.1) is 0 Å². The van der Waals surface area contributed by atoms with E-state index in [9.17, 15) is 0 Å². The molecule has 0 saturated carbocycles. The summed E-state index contributed by atoms with van der Waals surface area (Å²) in [5.41, 5.74) is 5.67. The highest BCUT2D eigenvalue weighted by molar-refractivity contribution is 7.98. The van der Waals surface area contributed by atoms with E-state index in [0.717, 1.165) is 47.2 Å². The van der Waals surface area contributed by atoms with Gasteiger partial charge in [-0.05, 0) is 42.6 Å². The zero-order chi connectivity index (χ0) is 19.7. The molecule has 2 N–H and O–H groups in total. The Hall–Kier alpha value is -2.12. The maximum Gasteiger partial charge on any atom is 0.189 e. The van der Waals surface area contributed by atoms with Crippen LogP contribution in [0.4, 0.5) is 5.82 Å². The number of anilines is 1. The average Bonchev–Trinajstić information content (AvgIpc) is 3.09. The van der Waals surface area contributed by atoms with E-state index in [2.05, 4.69) is 39.3 Å². The fourth-order valence-corrected chi connectivity index (χ4v) is 3.98. The van der Waals surface area contributed by atoms with E-state index in [0.29, 0.717) is 17.1 Å². The number of nitrogens with one attached hydrogen (secondary N) is 2. The smallest absolute Gasteiger partial charge is 0.189 e. The summed E-state index contributed by atoms with van der Waals surface area (Å²) in [7, 11) is 0. The zero-order valence-electron chi connectivity index (χ0n) is 16.2. The summed E-state index contributed by atoms with van der Waals surface area (Å²) >= 11 is 7.38. The zero-order valence-corrected chi connectivity index (χ0v) is 17.8. The molecule has 146 valence electrons. The lowest BCUT2D eigenvalue weighted by Gasteiger charge is -2.29. The number of rotatable bonds is 5. The number of hydrogen-bond acceptors (Lipinski definition) is 6. The van der Waals surface area contributed by atoms with Gasteiger partial charge in [0.05, 0.1) is 5.69 Å². The van der Waals surface area contributed by atoms with Crippen molar-refractivity contribution in [1.82, 2.24) is 25.1 Å². The Labute approximate surface area is 173 Å². The maximum atomic E-state index is 5.86. The lowest BCUT2D eigenvalue weighted by Crippen LogP contribution is -2.22. The second-order valence-corrected chi connectivity index (χ2v) is 9.00. The van der Waals surface area contributed by atoms with E-state index < -0.39 is 0 Å².